The molecule has 8 nitrogen and oxygen atoms in total. The Kier molecular flexibility index (Phi) is 6.24. The molecule has 1 aromatic heterocycles. The summed E-state index contributed by atoms with van der Waals surface area (Å²) in [5, 5.41) is 11.4. The molecule has 124 valence electrons. The smallest absolute Gasteiger partial charge is 0.260 e. The van der Waals surface area contributed by atoms with E-state index in [9.17, 15) is 4.79 Å². The fourth-order valence-corrected chi connectivity index (χ4v) is 2.13. The number of hydrazine groups is 1. The number of fused-ring (bicyclic) bond motifs is 1. The van der Waals surface area contributed by atoms with Gasteiger partial charge in [0, 0.05) is 6.54 Å². The molecule has 3 N–H and O–H groups in total. The number of hydrogen-bond acceptors (Lipinski definition) is 5. The molecular weight excluding hydrogens is 314 g/mol. The Bertz CT molecular complexity index is 670. The van der Waals surface area contributed by atoms with Gasteiger partial charge in [0.15, 0.2) is 5.11 Å². The van der Waals surface area contributed by atoms with Gasteiger partial charge in [0.25, 0.3) is 5.91 Å². The summed E-state index contributed by atoms with van der Waals surface area (Å²) in [6.07, 6.45) is 0.966. The molecule has 0 saturated heterocycles. The molecule has 0 unspecified atom stereocenters. The van der Waals surface area contributed by atoms with E-state index in [4.69, 9.17) is 12.2 Å². The number of carbonyl (C=O) groups is 1. The van der Waals surface area contributed by atoms with Crippen LogP contribution in [0.5, 0.6) is 0 Å². The molecule has 0 aliphatic heterocycles. The zero-order chi connectivity index (χ0) is 16.7. The van der Waals surface area contributed by atoms with Crippen molar-refractivity contribution in [3.8, 4) is 0 Å². The van der Waals surface area contributed by atoms with Gasteiger partial charge in [-0.25, -0.2) is 4.68 Å². The molecule has 2 rings (SSSR count). The molecule has 0 atom stereocenters. The van der Waals surface area contributed by atoms with E-state index in [-0.39, 0.29) is 12.5 Å². The number of para-hydroxylation sites is 1. The fraction of sp³-hybridized carbons (Fsp3) is 0.429. The zero-order valence-corrected chi connectivity index (χ0v) is 14.1. The van der Waals surface area contributed by atoms with E-state index in [1.807, 2.05) is 38.4 Å². The van der Waals surface area contributed by atoms with Crippen molar-refractivity contribution < 1.29 is 4.79 Å². The summed E-state index contributed by atoms with van der Waals surface area (Å²) in [7, 11) is 4.04. The lowest BCUT2D eigenvalue weighted by Crippen LogP contribution is -2.48. The van der Waals surface area contributed by atoms with Crippen LogP contribution in [0.1, 0.15) is 6.42 Å². The van der Waals surface area contributed by atoms with Crippen molar-refractivity contribution >= 4 is 34.3 Å². The minimum absolute atomic E-state index is 0.0662. The van der Waals surface area contributed by atoms with E-state index in [2.05, 4.69) is 31.4 Å². The highest BCUT2D eigenvalue weighted by atomic mass is 32.1. The molecule has 2 aromatic rings. The zero-order valence-electron chi connectivity index (χ0n) is 13.2. The van der Waals surface area contributed by atoms with E-state index < -0.39 is 0 Å². The predicted molar refractivity (Wildman–Crippen MR) is 92.6 cm³/mol. The highest BCUT2D eigenvalue weighted by molar-refractivity contribution is 7.80. The monoisotopic (exact) mass is 335 g/mol. The summed E-state index contributed by atoms with van der Waals surface area (Å²) in [6.45, 7) is 1.78. The van der Waals surface area contributed by atoms with Crippen molar-refractivity contribution in [3.63, 3.8) is 0 Å². The molecule has 0 radical (unpaired) electrons. The predicted octanol–water partition coefficient (Wildman–Crippen LogP) is -0.122. The van der Waals surface area contributed by atoms with Crippen LogP contribution in [0.4, 0.5) is 0 Å². The van der Waals surface area contributed by atoms with Crippen LogP contribution in [0.15, 0.2) is 24.3 Å². The average molecular weight is 335 g/mol. The van der Waals surface area contributed by atoms with Gasteiger partial charge >= 0.3 is 0 Å². The topological polar surface area (TPSA) is 87.1 Å². The van der Waals surface area contributed by atoms with Crippen LogP contribution in [0.2, 0.25) is 0 Å². The van der Waals surface area contributed by atoms with E-state index in [1.165, 1.54) is 0 Å². The molecule has 1 heterocycles. The summed E-state index contributed by atoms with van der Waals surface area (Å²) < 4.78 is 1.54. The molecule has 0 spiro atoms. The van der Waals surface area contributed by atoms with Gasteiger partial charge in [-0.2, -0.15) is 0 Å². The van der Waals surface area contributed by atoms with Gasteiger partial charge in [-0.3, -0.25) is 15.6 Å². The first-order valence-electron chi connectivity index (χ1n) is 7.32. The summed E-state index contributed by atoms with van der Waals surface area (Å²) in [5.74, 6) is -0.252. The first-order valence-corrected chi connectivity index (χ1v) is 7.73. The average Bonchev–Trinajstić information content (AvgIpc) is 2.93. The molecule has 1 aromatic carbocycles. The number of amides is 1. The lowest BCUT2D eigenvalue weighted by molar-refractivity contribution is -0.122. The lowest BCUT2D eigenvalue weighted by Gasteiger charge is -2.13. The molecular formula is C14H21N7OS. The molecule has 9 heteroatoms. The minimum atomic E-state index is -0.252. The Morgan fingerprint density at radius 1 is 1.30 bits per heavy atom. The van der Waals surface area contributed by atoms with Crippen LogP contribution in [0.3, 0.4) is 0 Å². The quantitative estimate of drug-likeness (QED) is 0.385. The number of rotatable bonds is 6. The number of carbonyl (C=O) groups excluding carboxylic acids is 1. The molecule has 0 saturated carbocycles. The Morgan fingerprint density at radius 2 is 2.09 bits per heavy atom. The van der Waals surface area contributed by atoms with Crippen LogP contribution in [-0.2, 0) is 11.3 Å². The van der Waals surface area contributed by atoms with Crippen molar-refractivity contribution in [2.75, 3.05) is 27.2 Å². The number of nitrogens with one attached hydrogen (secondary N) is 3. The van der Waals surface area contributed by atoms with Crippen molar-refractivity contribution in [1.29, 1.82) is 0 Å². The number of nitrogens with zero attached hydrogens (tertiary/aromatic N) is 4. The normalized spacial score (nSPS) is 10.7. The van der Waals surface area contributed by atoms with Gasteiger partial charge in [-0.1, -0.05) is 17.3 Å². The van der Waals surface area contributed by atoms with E-state index >= 15 is 0 Å². The van der Waals surface area contributed by atoms with Crippen molar-refractivity contribution in [2.45, 2.75) is 13.0 Å². The number of hydrogen-bond donors (Lipinski definition) is 3. The minimum Gasteiger partial charge on any atom is -0.361 e. The molecule has 0 fully saturated rings. The molecule has 1 amide bonds. The Labute approximate surface area is 140 Å². The first-order chi connectivity index (χ1) is 11.1. The third kappa shape index (κ3) is 5.46. The van der Waals surface area contributed by atoms with Crippen LogP contribution in [0.25, 0.3) is 11.0 Å². The van der Waals surface area contributed by atoms with Gasteiger partial charge < -0.3 is 10.2 Å². The Balaban J connectivity index is 1.72. The van der Waals surface area contributed by atoms with Crippen LogP contribution in [0, 0.1) is 0 Å². The standard InChI is InChI=1S/C14H21N7OS/c1-20(2)9-5-8-15-14(23)18-17-13(22)10-21-12-7-4-3-6-11(12)16-19-21/h3-4,6-7H,5,8-10H2,1-2H3,(H,17,22)(H2,15,18,23). The second kappa shape index (κ2) is 8.39. The number of aromatic nitrogens is 3. The van der Waals surface area contributed by atoms with Crippen molar-refractivity contribution in [3.05, 3.63) is 24.3 Å². The second-order valence-electron chi connectivity index (χ2n) is 5.32. The maximum atomic E-state index is 11.9. The second-order valence-corrected chi connectivity index (χ2v) is 5.73. The largest absolute Gasteiger partial charge is 0.361 e. The number of thiocarbonyl (C=S) groups is 1. The van der Waals surface area contributed by atoms with E-state index in [0.717, 1.165) is 30.5 Å². The maximum Gasteiger partial charge on any atom is 0.260 e. The van der Waals surface area contributed by atoms with Gasteiger partial charge in [-0.05, 0) is 51.4 Å². The molecule has 0 bridgehead atoms. The van der Waals surface area contributed by atoms with Crippen LogP contribution in [-0.4, -0.2) is 58.1 Å². The maximum absolute atomic E-state index is 11.9. The van der Waals surface area contributed by atoms with Gasteiger partial charge in [0.05, 0.1) is 5.52 Å². The molecule has 0 aliphatic carbocycles. The summed E-state index contributed by atoms with van der Waals surface area (Å²) in [5.41, 5.74) is 6.79. The van der Waals surface area contributed by atoms with Crippen LogP contribution >= 0.6 is 12.2 Å². The van der Waals surface area contributed by atoms with E-state index in [1.54, 1.807) is 4.68 Å². The van der Waals surface area contributed by atoms with Crippen molar-refractivity contribution in [2.24, 2.45) is 0 Å². The number of benzene rings is 1. The SMILES string of the molecule is CN(C)CCCNC(=S)NNC(=O)Cn1nnc2ccccc21. The summed E-state index contributed by atoms with van der Waals surface area (Å²) in [4.78, 5) is 14.0. The highest BCUT2D eigenvalue weighted by Crippen LogP contribution is 2.08. The first kappa shape index (κ1) is 17.1. The Morgan fingerprint density at radius 3 is 2.87 bits per heavy atom. The van der Waals surface area contributed by atoms with Crippen molar-refractivity contribution in [1.82, 2.24) is 36.1 Å². The highest BCUT2D eigenvalue weighted by Gasteiger charge is 2.08. The third-order valence-corrected chi connectivity index (χ3v) is 3.34. The third-order valence-electron chi connectivity index (χ3n) is 3.10. The molecule has 0 aliphatic rings. The summed E-state index contributed by atoms with van der Waals surface area (Å²) >= 11 is 5.09. The van der Waals surface area contributed by atoms with Gasteiger partial charge in [0.1, 0.15) is 12.1 Å². The summed E-state index contributed by atoms with van der Waals surface area (Å²) in [6, 6.07) is 7.48. The fourth-order valence-electron chi connectivity index (χ4n) is 1.98. The van der Waals surface area contributed by atoms with Gasteiger partial charge in [-0.15, -0.1) is 5.10 Å². The molecule has 23 heavy (non-hydrogen) atoms. The van der Waals surface area contributed by atoms with Gasteiger partial charge in [0.2, 0.25) is 0 Å². The van der Waals surface area contributed by atoms with E-state index in [0.29, 0.717) is 5.11 Å². The Hall–Kier alpha value is -2.26. The lowest BCUT2D eigenvalue weighted by atomic mass is 10.3. The van der Waals surface area contributed by atoms with Crippen LogP contribution < -0.4 is 16.2 Å².